The van der Waals surface area contributed by atoms with Crippen molar-refractivity contribution in [1.29, 1.82) is 0 Å². The van der Waals surface area contributed by atoms with Gasteiger partial charge in [0.05, 0.1) is 12.2 Å². The zero-order chi connectivity index (χ0) is 17.5. The molecule has 0 aliphatic carbocycles. The fourth-order valence-electron chi connectivity index (χ4n) is 2.12. The summed E-state index contributed by atoms with van der Waals surface area (Å²) >= 11 is 0. The van der Waals surface area contributed by atoms with Gasteiger partial charge in [0, 0.05) is 25.7 Å². The van der Waals surface area contributed by atoms with Gasteiger partial charge in [-0.05, 0) is 24.0 Å². The summed E-state index contributed by atoms with van der Waals surface area (Å²) in [6.07, 6.45) is 0.423. The summed E-state index contributed by atoms with van der Waals surface area (Å²) in [6, 6.07) is 5.49. The number of nitrogens with one attached hydrogen (secondary N) is 2. The highest BCUT2D eigenvalue weighted by molar-refractivity contribution is 5.79. The van der Waals surface area contributed by atoms with Crippen molar-refractivity contribution in [3.05, 3.63) is 52.9 Å². The molecule has 0 fully saturated rings. The average molecular weight is 336 g/mol. The lowest BCUT2D eigenvalue weighted by atomic mass is 10.1. The van der Waals surface area contributed by atoms with Crippen LogP contribution in [-0.2, 0) is 13.0 Å². The molecular weight excluding hydrogens is 314 g/mol. The molecular formula is C17H22F2N4O. The lowest BCUT2D eigenvalue weighted by Crippen LogP contribution is -2.37. The highest BCUT2D eigenvalue weighted by Crippen LogP contribution is 2.13. The highest BCUT2D eigenvalue weighted by Gasteiger charge is 2.08. The summed E-state index contributed by atoms with van der Waals surface area (Å²) in [6.45, 7) is 5.01. The van der Waals surface area contributed by atoms with Crippen molar-refractivity contribution in [3.63, 3.8) is 0 Å². The van der Waals surface area contributed by atoms with Crippen molar-refractivity contribution < 1.29 is 13.3 Å². The predicted octanol–water partition coefficient (Wildman–Crippen LogP) is 2.98. The predicted molar refractivity (Wildman–Crippen MR) is 88.9 cm³/mol. The molecule has 7 heteroatoms. The van der Waals surface area contributed by atoms with E-state index in [1.807, 2.05) is 19.9 Å². The lowest BCUT2D eigenvalue weighted by molar-refractivity contribution is 0.372. The van der Waals surface area contributed by atoms with Crippen molar-refractivity contribution in [3.8, 4) is 0 Å². The molecule has 1 aromatic heterocycles. The third-order valence-electron chi connectivity index (χ3n) is 3.52. The molecule has 130 valence electrons. The molecule has 0 saturated heterocycles. The largest absolute Gasteiger partial charge is 0.359 e. The molecule has 1 aromatic carbocycles. The molecule has 0 radical (unpaired) electrons. The number of aliphatic imine (C=N–C) groups is 1. The van der Waals surface area contributed by atoms with Crippen LogP contribution in [0.4, 0.5) is 8.78 Å². The Hall–Kier alpha value is -2.44. The summed E-state index contributed by atoms with van der Waals surface area (Å²) in [7, 11) is 1.65. The maximum Gasteiger partial charge on any atom is 0.191 e. The van der Waals surface area contributed by atoms with Gasteiger partial charge < -0.3 is 15.2 Å². The smallest absolute Gasteiger partial charge is 0.191 e. The number of nitrogens with zero attached hydrogens (tertiary/aromatic N) is 2. The first-order valence-electron chi connectivity index (χ1n) is 7.83. The van der Waals surface area contributed by atoms with E-state index < -0.39 is 11.6 Å². The van der Waals surface area contributed by atoms with Gasteiger partial charge in [-0.3, -0.25) is 4.99 Å². The van der Waals surface area contributed by atoms with Crippen molar-refractivity contribution >= 4 is 5.96 Å². The van der Waals surface area contributed by atoms with E-state index in [1.54, 1.807) is 7.05 Å². The second kappa shape index (κ2) is 8.42. The maximum absolute atomic E-state index is 13.6. The molecule has 0 saturated carbocycles. The van der Waals surface area contributed by atoms with Gasteiger partial charge in [0.15, 0.2) is 11.7 Å². The van der Waals surface area contributed by atoms with Crippen molar-refractivity contribution in [2.45, 2.75) is 32.7 Å². The summed E-state index contributed by atoms with van der Waals surface area (Å²) in [5, 5.41) is 10.2. The van der Waals surface area contributed by atoms with E-state index >= 15 is 0 Å². The zero-order valence-corrected chi connectivity index (χ0v) is 14.1. The summed E-state index contributed by atoms with van der Waals surface area (Å²) in [4.78, 5) is 4.09. The van der Waals surface area contributed by atoms with Crippen LogP contribution in [-0.4, -0.2) is 24.7 Å². The van der Waals surface area contributed by atoms with Gasteiger partial charge in [0.2, 0.25) is 0 Å². The molecule has 0 spiro atoms. The Morgan fingerprint density at radius 1 is 1.25 bits per heavy atom. The van der Waals surface area contributed by atoms with Crippen LogP contribution in [0.1, 0.15) is 36.8 Å². The Kier molecular flexibility index (Phi) is 6.28. The Bertz CT molecular complexity index is 698. The monoisotopic (exact) mass is 336 g/mol. The Morgan fingerprint density at radius 2 is 2.04 bits per heavy atom. The minimum absolute atomic E-state index is 0.311. The van der Waals surface area contributed by atoms with Gasteiger partial charge in [-0.15, -0.1) is 0 Å². The molecule has 2 aromatic rings. The van der Waals surface area contributed by atoms with Crippen LogP contribution in [0.2, 0.25) is 0 Å². The van der Waals surface area contributed by atoms with E-state index in [4.69, 9.17) is 4.52 Å². The van der Waals surface area contributed by atoms with Crippen LogP contribution in [0.25, 0.3) is 0 Å². The minimum atomic E-state index is -0.575. The van der Waals surface area contributed by atoms with E-state index in [0.717, 1.165) is 11.8 Å². The van der Waals surface area contributed by atoms with Crippen LogP contribution in [0.3, 0.4) is 0 Å². The fraction of sp³-hybridized carbons (Fsp3) is 0.412. The molecule has 2 rings (SSSR count). The first-order chi connectivity index (χ1) is 11.5. The summed E-state index contributed by atoms with van der Waals surface area (Å²) in [5.41, 5.74) is 1.36. The molecule has 0 unspecified atom stereocenters. The Balaban J connectivity index is 1.79. The number of rotatable bonds is 6. The molecule has 1 heterocycles. The van der Waals surface area contributed by atoms with E-state index in [0.29, 0.717) is 42.7 Å². The number of hydrogen-bond acceptors (Lipinski definition) is 3. The Labute approximate surface area is 140 Å². The van der Waals surface area contributed by atoms with Crippen molar-refractivity contribution in [2.24, 2.45) is 4.99 Å². The van der Waals surface area contributed by atoms with Crippen LogP contribution in [0.5, 0.6) is 0 Å². The van der Waals surface area contributed by atoms with E-state index in [1.165, 1.54) is 12.1 Å². The highest BCUT2D eigenvalue weighted by atomic mass is 19.1. The SMILES string of the molecule is CN=C(NCCc1ccc(F)cc1F)NCc1cc(C(C)C)no1. The van der Waals surface area contributed by atoms with Crippen molar-refractivity contribution in [2.75, 3.05) is 13.6 Å². The first kappa shape index (κ1) is 17.9. The maximum atomic E-state index is 13.6. The molecule has 5 nitrogen and oxygen atoms in total. The number of aromatic nitrogens is 1. The summed E-state index contributed by atoms with van der Waals surface area (Å²) < 4.78 is 31.7. The first-order valence-corrected chi connectivity index (χ1v) is 7.83. The van der Waals surface area contributed by atoms with Crippen LogP contribution in [0.15, 0.2) is 33.8 Å². The molecule has 0 bridgehead atoms. The van der Waals surface area contributed by atoms with Crippen LogP contribution >= 0.6 is 0 Å². The van der Waals surface area contributed by atoms with Crippen LogP contribution < -0.4 is 10.6 Å². The second-order valence-corrected chi connectivity index (χ2v) is 5.71. The van der Waals surface area contributed by atoms with Gasteiger partial charge in [-0.1, -0.05) is 25.1 Å². The van der Waals surface area contributed by atoms with Gasteiger partial charge in [0.25, 0.3) is 0 Å². The number of halogens is 2. The van der Waals surface area contributed by atoms with E-state index in [9.17, 15) is 8.78 Å². The number of hydrogen-bond donors (Lipinski definition) is 2. The fourth-order valence-corrected chi connectivity index (χ4v) is 2.12. The molecule has 0 aliphatic heterocycles. The second-order valence-electron chi connectivity index (χ2n) is 5.71. The van der Waals surface area contributed by atoms with Gasteiger partial charge >= 0.3 is 0 Å². The van der Waals surface area contributed by atoms with Gasteiger partial charge in [-0.25, -0.2) is 8.78 Å². The number of guanidine groups is 1. The topological polar surface area (TPSA) is 62.5 Å². The quantitative estimate of drug-likeness (QED) is 0.629. The standard InChI is InChI=1S/C17H22F2N4O/c1-11(2)16-9-14(24-23-16)10-22-17(20-3)21-7-6-12-4-5-13(18)8-15(12)19/h4-5,8-9,11H,6-7,10H2,1-3H3,(H2,20,21,22). The average Bonchev–Trinajstić information content (AvgIpc) is 3.01. The van der Waals surface area contributed by atoms with Gasteiger partial charge in [0.1, 0.15) is 11.6 Å². The Morgan fingerprint density at radius 3 is 2.67 bits per heavy atom. The molecule has 2 N–H and O–H groups in total. The lowest BCUT2D eigenvalue weighted by Gasteiger charge is -2.11. The third kappa shape index (κ3) is 5.04. The third-order valence-corrected chi connectivity index (χ3v) is 3.52. The van der Waals surface area contributed by atoms with E-state index in [2.05, 4.69) is 20.8 Å². The molecule has 0 aliphatic rings. The molecule has 24 heavy (non-hydrogen) atoms. The zero-order valence-electron chi connectivity index (χ0n) is 14.1. The summed E-state index contributed by atoms with van der Waals surface area (Å²) in [5.74, 6) is 0.480. The normalized spacial score (nSPS) is 11.8. The van der Waals surface area contributed by atoms with Gasteiger partial charge in [-0.2, -0.15) is 0 Å². The van der Waals surface area contributed by atoms with E-state index in [-0.39, 0.29) is 0 Å². The van der Waals surface area contributed by atoms with Crippen LogP contribution in [0, 0.1) is 11.6 Å². The minimum Gasteiger partial charge on any atom is -0.359 e. The molecule has 0 amide bonds. The molecule has 0 atom stereocenters. The van der Waals surface area contributed by atoms with Crippen molar-refractivity contribution in [1.82, 2.24) is 15.8 Å². The number of benzene rings is 1.